The van der Waals surface area contributed by atoms with Gasteiger partial charge >= 0.3 is 6.03 Å². The molecule has 2 fully saturated rings. The van der Waals surface area contributed by atoms with Gasteiger partial charge in [-0.25, -0.2) is 9.18 Å². The predicted octanol–water partition coefficient (Wildman–Crippen LogP) is 1.62. The fourth-order valence-electron chi connectivity index (χ4n) is 3.33. The highest BCUT2D eigenvalue weighted by Crippen LogP contribution is 2.40. The molecular weight excluding hydrogens is 307 g/mol. The lowest BCUT2D eigenvalue weighted by molar-refractivity contribution is 0.144. The number of urea groups is 1. The van der Waals surface area contributed by atoms with E-state index in [-0.39, 0.29) is 23.9 Å². The third-order valence-electron chi connectivity index (χ3n) is 4.91. The minimum atomic E-state index is -0.223. The maximum Gasteiger partial charge on any atom is 0.315 e. The van der Waals surface area contributed by atoms with Crippen LogP contribution in [0, 0.1) is 5.82 Å². The van der Waals surface area contributed by atoms with E-state index < -0.39 is 0 Å². The van der Waals surface area contributed by atoms with Gasteiger partial charge in [0.1, 0.15) is 5.82 Å². The second-order valence-electron chi connectivity index (χ2n) is 7.12. The van der Waals surface area contributed by atoms with Gasteiger partial charge in [0.2, 0.25) is 0 Å². The average Bonchev–Trinajstić information content (AvgIpc) is 3.29. The molecule has 0 bridgehead atoms. The van der Waals surface area contributed by atoms with E-state index in [4.69, 9.17) is 0 Å². The Morgan fingerprint density at radius 1 is 1.25 bits per heavy atom. The number of hydrogen-bond acceptors (Lipinski definition) is 3. The van der Waals surface area contributed by atoms with E-state index in [2.05, 4.69) is 27.5 Å². The van der Waals surface area contributed by atoms with Gasteiger partial charge in [-0.05, 0) is 38.1 Å². The zero-order chi connectivity index (χ0) is 17.1. The van der Waals surface area contributed by atoms with Crippen molar-refractivity contribution in [3.63, 3.8) is 0 Å². The Morgan fingerprint density at radius 2 is 1.92 bits per heavy atom. The highest BCUT2D eigenvalue weighted by atomic mass is 19.1. The predicted molar refractivity (Wildman–Crippen MR) is 92.6 cm³/mol. The van der Waals surface area contributed by atoms with E-state index in [1.807, 2.05) is 6.92 Å². The first kappa shape index (κ1) is 17.2. The van der Waals surface area contributed by atoms with Gasteiger partial charge in [-0.3, -0.25) is 4.90 Å². The number of halogens is 1. The molecule has 2 aliphatic rings. The van der Waals surface area contributed by atoms with Crippen molar-refractivity contribution in [2.45, 2.75) is 31.3 Å². The number of nitrogens with one attached hydrogen (secondary N) is 2. The highest BCUT2D eigenvalue weighted by molar-refractivity contribution is 5.75. The lowest BCUT2D eigenvalue weighted by atomic mass is 10.1. The number of hydrogen-bond donors (Lipinski definition) is 2. The molecule has 5 nitrogen and oxygen atoms in total. The van der Waals surface area contributed by atoms with E-state index >= 15 is 0 Å². The van der Waals surface area contributed by atoms with Crippen LogP contribution >= 0.6 is 0 Å². The summed E-state index contributed by atoms with van der Waals surface area (Å²) in [7, 11) is 2.14. The van der Waals surface area contributed by atoms with Crippen LogP contribution in [0.4, 0.5) is 9.18 Å². The molecule has 2 N–H and O–H groups in total. The Labute approximate surface area is 143 Å². The van der Waals surface area contributed by atoms with Crippen molar-refractivity contribution in [1.29, 1.82) is 0 Å². The molecule has 24 heavy (non-hydrogen) atoms. The maximum absolute atomic E-state index is 12.9. The number of rotatable bonds is 5. The first-order valence-electron chi connectivity index (χ1n) is 8.74. The van der Waals surface area contributed by atoms with Gasteiger partial charge in [0, 0.05) is 50.7 Å². The summed E-state index contributed by atoms with van der Waals surface area (Å²) in [6.07, 6.45) is 0.923. The quantitative estimate of drug-likeness (QED) is 0.860. The minimum Gasteiger partial charge on any atom is -0.335 e. The molecule has 0 spiro atoms. The standard InChI is InChI=1S/C18H27FN4O/c1-13(12-23-9-7-22(2)8-10-23)20-18(24)21-17-11-16(17)14-3-5-15(19)6-4-14/h3-6,13,16-17H,7-12H2,1-2H3,(H2,20,21,24)/t13-,16+,17-/m1/s1. The highest BCUT2D eigenvalue weighted by Gasteiger charge is 2.39. The molecule has 1 aliphatic carbocycles. The molecule has 1 aromatic carbocycles. The molecule has 6 heteroatoms. The Bertz CT molecular complexity index is 557. The molecule has 3 atom stereocenters. The molecule has 1 saturated heterocycles. The van der Waals surface area contributed by atoms with Crippen LogP contribution < -0.4 is 10.6 Å². The molecule has 0 unspecified atom stereocenters. The summed E-state index contributed by atoms with van der Waals surface area (Å²) in [4.78, 5) is 16.8. The zero-order valence-electron chi connectivity index (χ0n) is 14.5. The summed E-state index contributed by atoms with van der Waals surface area (Å²) in [6, 6.07) is 6.73. The topological polar surface area (TPSA) is 47.6 Å². The van der Waals surface area contributed by atoms with Crippen LogP contribution in [0.5, 0.6) is 0 Å². The lowest BCUT2D eigenvalue weighted by Crippen LogP contribution is -2.51. The second kappa shape index (κ2) is 7.49. The molecule has 0 radical (unpaired) electrons. The van der Waals surface area contributed by atoms with Crippen molar-refractivity contribution in [1.82, 2.24) is 20.4 Å². The number of carbonyl (C=O) groups excluding carboxylic acids is 1. The zero-order valence-corrected chi connectivity index (χ0v) is 14.5. The van der Waals surface area contributed by atoms with E-state index in [1.54, 1.807) is 12.1 Å². The molecule has 1 aliphatic heterocycles. The lowest BCUT2D eigenvalue weighted by Gasteiger charge is -2.34. The summed E-state index contributed by atoms with van der Waals surface area (Å²) in [6.45, 7) is 7.20. The summed E-state index contributed by atoms with van der Waals surface area (Å²) in [5, 5.41) is 6.05. The van der Waals surface area contributed by atoms with E-state index in [1.165, 1.54) is 12.1 Å². The van der Waals surface area contributed by atoms with Gasteiger partial charge in [-0.15, -0.1) is 0 Å². The van der Waals surface area contributed by atoms with Crippen LogP contribution in [-0.2, 0) is 0 Å². The van der Waals surface area contributed by atoms with Crippen LogP contribution in [0.25, 0.3) is 0 Å². The number of amides is 2. The monoisotopic (exact) mass is 334 g/mol. The summed E-state index contributed by atoms with van der Waals surface area (Å²) in [5.41, 5.74) is 1.09. The van der Waals surface area contributed by atoms with Crippen LogP contribution in [0.15, 0.2) is 24.3 Å². The van der Waals surface area contributed by atoms with E-state index in [0.29, 0.717) is 5.92 Å². The van der Waals surface area contributed by atoms with Crippen molar-refractivity contribution in [3.05, 3.63) is 35.6 Å². The fourth-order valence-corrected chi connectivity index (χ4v) is 3.33. The molecule has 2 amide bonds. The van der Waals surface area contributed by atoms with Gasteiger partial charge in [0.15, 0.2) is 0 Å². The molecule has 1 saturated carbocycles. The minimum absolute atomic E-state index is 0.105. The van der Waals surface area contributed by atoms with Crippen molar-refractivity contribution in [2.24, 2.45) is 0 Å². The van der Waals surface area contributed by atoms with Crippen molar-refractivity contribution in [2.75, 3.05) is 39.8 Å². The normalized spacial score (nSPS) is 26.0. The van der Waals surface area contributed by atoms with Crippen LogP contribution in [-0.4, -0.2) is 67.7 Å². The summed E-state index contributed by atoms with van der Waals surface area (Å²) in [5.74, 6) is 0.0867. The number of nitrogens with zero attached hydrogens (tertiary/aromatic N) is 2. The second-order valence-corrected chi connectivity index (χ2v) is 7.12. The Hall–Kier alpha value is -1.66. The van der Waals surface area contributed by atoms with Crippen LogP contribution in [0.2, 0.25) is 0 Å². The SMILES string of the molecule is C[C@H](CN1CCN(C)CC1)NC(=O)N[C@@H]1C[C@H]1c1ccc(F)cc1. The van der Waals surface area contributed by atoms with Crippen molar-refractivity contribution >= 4 is 6.03 Å². The molecular formula is C18H27FN4O. The van der Waals surface area contributed by atoms with Crippen LogP contribution in [0.3, 0.4) is 0 Å². The molecule has 0 aromatic heterocycles. The Balaban J connectivity index is 1.37. The van der Waals surface area contributed by atoms with E-state index in [0.717, 1.165) is 44.7 Å². The molecule has 1 aromatic rings. The summed E-state index contributed by atoms with van der Waals surface area (Å²) >= 11 is 0. The fraction of sp³-hybridized carbons (Fsp3) is 0.611. The molecule has 1 heterocycles. The summed E-state index contributed by atoms with van der Waals surface area (Å²) < 4.78 is 12.9. The first-order chi connectivity index (χ1) is 11.5. The van der Waals surface area contributed by atoms with Crippen molar-refractivity contribution in [3.8, 4) is 0 Å². The van der Waals surface area contributed by atoms with Gasteiger partial charge < -0.3 is 15.5 Å². The molecule has 132 valence electrons. The largest absolute Gasteiger partial charge is 0.335 e. The number of likely N-dealkylation sites (N-methyl/N-ethyl adjacent to an activating group) is 1. The maximum atomic E-state index is 12.9. The third-order valence-corrected chi connectivity index (χ3v) is 4.91. The average molecular weight is 334 g/mol. The van der Waals surface area contributed by atoms with Gasteiger partial charge in [0.25, 0.3) is 0 Å². The Morgan fingerprint density at radius 3 is 2.58 bits per heavy atom. The van der Waals surface area contributed by atoms with Gasteiger partial charge in [0.05, 0.1) is 0 Å². The van der Waals surface area contributed by atoms with Gasteiger partial charge in [-0.2, -0.15) is 0 Å². The molecule has 3 rings (SSSR count). The van der Waals surface area contributed by atoms with Gasteiger partial charge in [-0.1, -0.05) is 12.1 Å². The first-order valence-corrected chi connectivity index (χ1v) is 8.74. The Kier molecular flexibility index (Phi) is 5.36. The van der Waals surface area contributed by atoms with Crippen molar-refractivity contribution < 1.29 is 9.18 Å². The number of benzene rings is 1. The van der Waals surface area contributed by atoms with E-state index in [9.17, 15) is 9.18 Å². The van der Waals surface area contributed by atoms with Crippen LogP contribution in [0.1, 0.15) is 24.8 Å². The smallest absolute Gasteiger partial charge is 0.315 e. The number of piperazine rings is 1. The number of carbonyl (C=O) groups is 1. The third kappa shape index (κ3) is 4.68.